The molecule has 2 aromatic rings. The van der Waals surface area contributed by atoms with Crippen LogP contribution < -0.4 is 0 Å². The van der Waals surface area contributed by atoms with E-state index in [1.165, 1.54) is 16.6 Å². The van der Waals surface area contributed by atoms with Crippen LogP contribution in [-0.4, -0.2) is 31.6 Å². The van der Waals surface area contributed by atoms with E-state index in [0.29, 0.717) is 11.7 Å². The van der Waals surface area contributed by atoms with Crippen molar-refractivity contribution in [1.29, 1.82) is 0 Å². The van der Waals surface area contributed by atoms with Crippen molar-refractivity contribution in [2.45, 2.75) is 11.7 Å². The Morgan fingerprint density at radius 3 is 3.19 bits per heavy atom. The lowest BCUT2D eigenvalue weighted by atomic mass is 10.5. The highest BCUT2D eigenvalue weighted by atomic mass is 32.2. The van der Waals surface area contributed by atoms with Crippen LogP contribution in [0.3, 0.4) is 0 Å². The summed E-state index contributed by atoms with van der Waals surface area (Å²) >= 11 is 2.83. The molecule has 0 bridgehead atoms. The summed E-state index contributed by atoms with van der Waals surface area (Å²) in [6.07, 6.45) is 1.61. The van der Waals surface area contributed by atoms with Crippen molar-refractivity contribution in [1.82, 2.24) is 14.8 Å². The number of hydrogen-bond donors (Lipinski definition) is 1. The summed E-state index contributed by atoms with van der Waals surface area (Å²) in [6.45, 7) is 0.687. The third-order valence-corrected chi connectivity index (χ3v) is 3.64. The van der Waals surface area contributed by atoms with Gasteiger partial charge in [-0.25, -0.2) is 0 Å². The smallest absolute Gasteiger partial charge is 0.313 e. The Morgan fingerprint density at radius 1 is 1.62 bits per heavy atom. The van der Waals surface area contributed by atoms with Crippen molar-refractivity contribution < 1.29 is 9.90 Å². The zero-order chi connectivity index (χ0) is 11.4. The Kier molecular flexibility index (Phi) is 3.58. The van der Waals surface area contributed by atoms with Gasteiger partial charge < -0.3 is 9.67 Å². The van der Waals surface area contributed by atoms with E-state index in [1.807, 2.05) is 22.1 Å². The topological polar surface area (TPSA) is 68.0 Å². The average molecular weight is 255 g/mol. The first-order valence-electron chi connectivity index (χ1n) is 4.50. The Morgan fingerprint density at radius 2 is 2.50 bits per heavy atom. The van der Waals surface area contributed by atoms with Gasteiger partial charge in [0.1, 0.15) is 6.33 Å². The van der Waals surface area contributed by atoms with Crippen LogP contribution in [-0.2, 0) is 11.3 Å². The lowest BCUT2D eigenvalue weighted by Gasteiger charge is -2.02. The maximum Gasteiger partial charge on any atom is 0.313 e. The fourth-order valence-electron chi connectivity index (χ4n) is 1.16. The maximum atomic E-state index is 10.4. The molecule has 5 nitrogen and oxygen atoms in total. The molecule has 0 unspecified atom stereocenters. The van der Waals surface area contributed by atoms with E-state index < -0.39 is 5.97 Å². The highest BCUT2D eigenvalue weighted by Gasteiger charge is 2.08. The normalized spacial score (nSPS) is 10.5. The quantitative estimate of drug-likeness (QED) is 0.821. The summed E-state index contributed by atoms with van der Waals surface area (Å²) in [6, 6.07) is 4.00. The number of thiophene rings is 1. The Hall–Kier alpha value is -1.34. The van der Waals surface area contributed by atoms with Gasteiger partial charge in [-0.15, -0.1) is 21.5 Å². The number of aromatic nitrogens is 3. The largest absolute Gasteiger partial charge is 0.481 e. The highest BCUT2D eigenvalue weighted by Crippen LogP contribution is 2.17. The molecule has 0 radical (unpaired) electrons. The second-order valence-electron chi connectivity index (χ2n) is 3.00. The van der Waals surface area contributed by atoms with Crippen molar-refractivity contribution >= 4 is 29.1 Å². The Labute approximate surface area is 100 Å². The summed E-state index contributed by atoms with van der Waals surface area (Å²) in [5, 5.41) is 18.9. The third-order valence-electron chi connectivity index (χ3n) is 1.81. The molecule has 2 rings (SSSR count). The molecule has 0 saturated carbocycles. The van der Waals surface area contributed by atoms with Crippen LogP contribution >= 0.6 is 23.1 Å². The fourth-order valence-corrected chi connectivity index (χ4v) is 2.50. The van der Waals surface area contributed by atoms with Gasteiger partial charge >= 0.3 is 5.97 Å². The molecule has 0 saturated heterocycles. The lowest BCUT2D eigenvalue weighted by Crippen LogP contribution is -2.02. The second kappa shape index (κ2) is 5.13. The minimum absolute atomic E-state index is 0.00311. The van der Waals surface area contributed by atoms with E-state index in [2.05, 4.69) is 10.2 Å². The van der Waals surface area contributed by atoms with Crippen molar-refractivity contribution in [3.63, 3.8) is 0 Å². The molecule has 16 heavy (non-hydrogen) atoms. The van der Waals surface area contributed by atoms with Crippen molar-refractivity contribution in [3.8, 4) is 0 Å². The summed E-state index contributed by atoms with van der Waals surface area (Å²) < 4.78 is 1.85. The van der Waals surface area contributed by atoms with E-state index in [1.54, 1.807) is 17.7 Å². The van der Waals surface area contributed by atoms with Crippen molar-refractivity contribution in [3.05, 3.63) is 28.7 Å². The standard InChI is InChI=1S/C9H9N3O2S2/c13-8(14)5-16-9-11-10-6-12(9)4-7-2-1-3-15-7/h1-3,6H,4-5H2,(H,13,14). The molecule has 7 heteroatoms. The van der Waals surface area contributed by atoms with Gasteiger partial charge in [0.15, 0.2) is 5.16 Å². The van der Waals surface area contributed by atoms with Gasteiger partial charge in [0, 0.05) is 4.88 Å². The van der Waals surface area contributed by atoms with Crippen LogP contribution in [0, 0.1) is 0 Å². The molecule has 0 aliphatic heterocycles. The molecule has 0 spiro atoms. The van der Waals surface area contributed by atoms with Gasteiger partial charge in [0.25, 0.3) is 0 Å². The number of nitrogens with zero attached hydrogens (tertiary/aromatic N) is 3. The Balaban J connectivity index is 2.04. The summed E-state index contributed by atoms with van der Waals surface area (Å²) in [4.78, 5) is 11.6. The summed E-state index contributed by atoms with van der Waals surface area (Å²) in [5.74, 6) is -0.848. The van der Waals surface area contributed by atoms with Crippen LogP contribution in [0.1, 0.15) is 4.88 Å². The molecular weight excluding hydrogens is 246 g/mol. The number of thioether (sulfide) groups is 1. The van der Waals surface area contributed by atoms with Crippen LogP contribution in [0.4, 0.5) is 0 Å². The highest BCUT2D eigenvalue weighted by molar-refractivity contribution is 7.99. The van der Waals surface area contributed by atoms with Crippen LogP contribution in [0.5, 0.6) is 0 Å². The van der Waals surface area contributed by atoms with E-state index >= 15 is 0 Å². The Bertz CT molecular complexity index is 467. The van der Waals surface area contributed by atoms with Gasteiger partial charge in [-0.3, -0.25) is 4.79 Å². The number of rotatable bonds is 5. The zero-order valence-corrected chi connectivity index (χ0v) is 9.87. The van der Waals surface area contributed by atoms with Crippen molar-refractivity contribution in [2.75, 3.05) is 5.75 Å². The molecule has 2 heterocycles. The predicted molar refractivity (Wildman–Crippen MR) is 61.8 cm³/mol. The minimum atomic E-state index is -0.851. The molecule has 2 aromatic heterocycles. The van der Waals surface area contributed by atoms with Gasteiger partial charge in [-0.05, 0) is 11.4 Å². The monoisotopic (exact) mass is 255 g/mol. The number of hydrogen-bond acceptors (Lipinski definition) is 5. The molecule has 0 atom stereocenters. The number of carboxylic acid groups (broad SMARTS) is 1. The fraction of sp³-hybridized carbons (Fsp3) is 0.222. The van der Waals surface area contributed by atoms with Crippen LogP contribution in [0.15, 0.2) is 29.0 Å². The van der Waals surface area contributed by atoms with Gasteiger partial charge in [0.05, 0.1) is 12.3 Å². The number of carboxylic acids is 1. The number of carbonyl (C=O) groups is 1. The summed E-state index contributed by atoms with van der Waals surface area (Å²) in [7, 11) is 0. The third kappa shape index (κ3) is 2.83. The summed E-state index contributed by atoms with van der Waals surface area (Å²) in [5.41, 5.74) is 0. The first-order valence-corrected chi connectivity index (χ1v) is 6.37. The molecule has 0 amide bonds. The SMILES string of the molecule is O=C(O)CSc1nncn1Cc1cccs1. The molecule has 0 fully saturated rings. The van der Waals surface area contributed by atoms with Gasteiger partial charge in [-0.1, -0.05) is 17.8 Å². The first-order chi connectivity index (χ1) is 7.75. The maximum absolute atomic E-state index is 10.4. The lowest BCUT2D eigenvalue weighted by molar-refractivity contribution is -0.133. The van der Waals surface area contributed by atoms with Crippen LogP contribution in [0.2, 0.25) is 0 Å². The predicted octanol–water partition coefficient (Wildman–Crippen LogP) is 1.56. The molecular formula is C9H9N3O2S2. The second-order valence-corrected chi connectivity index (χ2v) is 4.98. The van der Waals surface area contributed by atoms with Crippen molar-refractivity contribution in [2.24, 2.45) is 0 Å². The number of aliphatic carboxylic acids is 1. The first kappa shape index (κ1) is 11.2. The van der Waals surface area contributed by atoms with Gasteiger partial charge in [0.2, 0.25) is 0 Å². The van der Waals surface area contributed by atoms with E-state index in [-0.39, 0.29) is 5.75 Å². The molecule has 0 aliphatic rings. The van der Waals surface area contributed by atoms with E-state index in [4.69, 9.17) is 5.11 Å². The average Bonchev–Trinajstić information content (AvgIpc) is 2.87. The van der Waals surface area contributed by atoms with E-state index in [0.717, 1.165) is 0 Å². The molecule has 0 aliphatic carbocycles. The van der Waals surface area contributed by atoms with Crippen LogP contribution in [0.25, 0.3) is 0 Å². The zero-order valence-electron chi connectivity index (χ0n) is 8.24. The molecule has 84 valence electrons. The molecule has 1 N–H and O–H groups in total. The molecule has 0 aromatic carbocycles. The van der Waals surface area contributed by atoms with Gasteiger partial charge in [-0.2, -0.15) is 0 Å². The van der Waals surface area contributed by atoms with E-state index in [9.17, 15) is 4.79 Å². The minimum Gasteiger partial charge on any atom is -0.481 e.